The molecule has 2 N–H and O–H groups in total. The number of carbonyl (C=O) groups is 1. The molecule has 2 rings (SSSR count). The minimum absolute atomic E-state index is 0.100. The van der Waals surface area contributed by atoms with Gasteiger partial charge in [0.15, 0.2) is 0 Å². The van der Waals surface area contributed by atoms with E-state index in [1.165, 1.54) is 0 Å². The summed E-state index contributed by atoms with van der Waals surface area (Å²) in [5.74, 6) is 0.680. The second-order valence-electron chi connectivity index (χ2n) is 5.80. The Kier molecular flexibility index (Phi) is 5.39. The Morgan fingerprint density at radius 3 is 2.91 bits per heavy atom. The summed E-state index contributed by atoms with van der Waals surface area (Å²) >= 11 is 0. The lowest BCUT2D eigenvalue weighted by Gasteiger charge is -2.22. The summed E-state index contributed by atoms with van der Waals surface area (Å²) in [5.41, 5.74) is 0.575. The van der Waals surface area contributed by atoms with Gasteiger partial charge in [-0.1, -0.05) is 12.1 Å². The highest BCUT2D eigenvalue weighted by atomic mass is 16.5. The number of carbonyl (C=O) groups excluding carboxylic acids is 1. The number of ether oxygens (including phenoxy) is 1. The van der Waals surface area contributed by atoms with E-state index < -0.39 is 5.60 Å². The van der Waals surface area contributed by atoms with Crippen LogP contribution in [0.25, 0.3) is 0 Å². The predicted molar refractivity (Wildman–Crippen MR) is 87.1 cm³/mol. The van der Waals surface area contributed by atoms with Gasteiger partial charge in [-0.15, -0.1) is 0 Å². The van der Waals surface area contributed by atoms with Gasteiger partial charge in [0.1, 0.15) is 11.4 Å². The molecule has 2 aromatic rings. The highest BCUT2D eigenvalue weighted by molar-refractivity contribution is 5.76. The zero-order valence-corrected chi connectivity index (χ0v) is 13.7. The molecule has 0 fully saturated rings. The maximum Gasteiger partial charge on any atom is 0.220 e. The monoisotopic (exact) mass is 317 g/mol. The van der Waals surface area contributed by atoms with E-state index in [0.29, 0.717) is 18.4 Å². The van der Waals surface area contributed by atoms with Crippen LogP contribution in [0.15, 0.2) is 36.7 Å². The van der Waals surface area contributed by atoms with Crippen LogP contribution in [0.2, 0.25) is 0 Å². The van der Waals surface area contributed by atoms with Crippen molar-refractivity contribution < 1.29 is 14.6 Å². The Morgan fingerprint density at radius 2 is 2.26 bits per heavy atom. The van der Waals surface area contributed by atoms with Crippen LogP contribution in [-0.4, -0.2) is 34.4 Å². The van der Waals surface area contributed by atoms with Crippen LogP contribution < -0.4 is 10.1 Å². The van der Waals surface area contributed by atoms with Crippen molar-refractivity contribution in [2.45, 2.75) is 25.4 Å². The van der Waals surface area contributed by atoms with Crippen LogP contribution in [-0.2, 0) is 23.9 Å². The molecule has 0 bridgehead atoms. The van der Waals surface area contributed by atoms with Crippen LogP contribution >= 0.6 is 0 Å². The first-order chi connectivity index (χ1) is 10.9. The van der Waals surface area contributed by atoms with Gasteiger partial charge >= 0.3 is 0 Å². The molecule has 0 aliphatic rings. The normalized spacial score (nSPS) is 13.4. The van der Waals surface area contributed by atoms with Gasteiger partial charge < -0.3 is 15.2 Å². The zero-order valence-electron chi connectivity index (χ0n) is 13.7. The lowest BCUT2D eigenvalue weighted by Crippen LogP contribution is -2.38. The number of hydrogen-bond donors (Lipinski definition) is 2. The summed E-state index contributed by atoms with van der Waals surface area (Å²) in [6.45, 7) is 1.81. The van der Waals surface area contributed by atoms with Gasteiger partial charge in [0.2, 0.25) is 5.91 Å². The minimum Gasteiger partial charge on any atom is -0.497 e. The maximum absolute atomic E-state index is 12.0. The zero-order chi connectivity index (χ0) is 16.9. The number of aliphatic hydroxyl groups is 1. The molecule has 124 valence electrons. The number of nitrogens with one attached hydrogen (secondary N) is 1. The van der Waals surface area contributed by atoms with Gasteiger partial charge in [-0.05, 0) is 31.0 Å². The van der Waals surface area contributed by atoms with E-state index in [0.717, 1.165) is 11.3 Å². The van der Waals surface area contributed by atoms with Gasteiger partial charge in [-0.3, -0.25) is 9.48 Å². The van der Waals surface area contributed by atoms with Crippen molar-refractivity contribution >= 4 is 5.91 Å². The summed E-state index contributed by atoms with van der Waals surface area (Å²) < 4.78 is 6.78. The predicted octanol–water partition coefficient (Wildman–Crippen LogP) is 1.39. The molecule has 6 heteroatoms. The van der Waals surface area contributed by atoms with Crippen molar-refractivity contribution in [1.29, 1.82) is 0 Å². The summed E-state index contributed by atoms with van der Waals surface area (Å²) in [5, 5.41) is 17.2. The number of methoxy groups -OCH3 is 1. The standard InChI is InChI=1S/C17H23N3O3/c1-17(22,14-10-19-20(2)11-14)12-18-16(21)8-7-13-5-4-6-15(9-13)23-3/h4-6,9-11,22H,7-8,12H2,1-3H3,(H,18,21). The first-order valence-electron chi connectivity index (χ1n) is 7.52. The van der Waals surface area contributed by atoms with Crippen molar-refractivity contribution in [2.24, 2.45) is 7.05 Å². The van der Waals surface area contributed by atoms with Crippen LogP contribution in [0.1, 0.15) is 24.5 Å². The van der Waals surface area contributed by atoms with Gasteiger partial charge in [0.25, 0.3) is 0 Å². The Morgan fingerprint density at radius 1 is 1.48 bits per heavy atom. The Labute approximate surface area is 136 Å². The lowest BCUT2D eigenvalue weighted by molar-refractivity contribution is -0.122. The molecule has 0 aliphatic heterocycles. The highest BCUT2D eigenvalue weighted by Gasteiger charge is 2.25. The average molecular weight is 317 g/mol. The molecule has 0 saturated carbocycles. The van der Waals surface area contributed by atoms with Gasteiger partial charge in [-0.25, -0.2) is 0 Å². The molecule has 0 radical (unpaired) electrons. The van der Waals surface area contributed by atoms with E-state index in [2.05, 4.69) is 10.4 Å². The Balaban J connectivity index is 1.82. The number of benzene rings is 1. The molecule has 1 aromatic carbocycles. The molecule has 0 aliphatic carbocycles. The Hall–Kier alpha value is -2.34. The third-order valence-corrected chi connectivity index (χ3v) is 3.73. The summed E-state index contributed by atoms with van der Waals surface area (Å²) in [6.07, 6.45) is 4.32. The lowest BCUT2D eigenvalue weighted by atomic mass is 9.99. The van der Waals surface area contributed by atoms with E-state index in [9.17, 15) is 9.90 Å². The third-order valence-electron chi connectivity index (χ3n) is 3.73. The fourth-order valence-corrected chi connectivity index (χ4v) is 2.25. The topological polar surface area (TPSA) is 76.4 Å². The number of rotatable bonds is 7. The first kappa shape index (κ1) is 17.0. The third kappa shape index (κ3) is 4.82. The largest absolute Gasteiger partial charge is 0.497 e. The molecule has 23 heavy (non-hydrogen) atoms. The van der Waals surface area contributed by atoms with Crippen LogP contribution in [0.5, 0.6) is 5.75 Å². The average Bonchev–Trinajstić information content (AvgIpc) is 2.98. The second-order valence-corrected chi connectivity index (χ2v) is 5.80. The summed E-state index contributed by atoms with van der Waals surface area (Å²) in [6, 6.07) is 7.65. The summed E-state index contributed by atoms with van der Waals surface area (Å²) in [7, 11) is 3.40. The molecular weight excluding hydrogens is 294 g/mol. The molecule has 1 aromatic heterocycles. The second kappa shape index (κ2) is 7.28. The minimum atomic E-state index is -1.14. The molecule has 1 amide bonds. The number of nitrogens with zero attached hydrogens (tertiary/aromatic N) is 2. The molecule has 1 atom stereocenters. The quantitative estimate of drug-likeness (QED) is 0.809. The van der Waals surface area contributed by atoms with E-state index >= 15 is 0 Å². The number of aromatic nitrogens is 2. The van der Waals surface area contributed by atoms with Crippen molar-refractivity contribution in [3.8, 4) is 5.75 Å². The van der Waals surface area contributed by atoms with Crippen LogP contribution in [0, 0.1) is 0 Å². The molecule has 1 heterocycles. The fraction of sp³-hybridized carbons (Fsp3) is 0.412. The number of amides is 1. The molecule has 1 unspecified atom stereocenters. The molecule has 6 nitrogen and oxygen atoms in total. The maximum atomic E-state index is 12.0. The van der Waals surface area contributed by atoms with Crippen LogP contribution in [0.3, 0.4) is 0 Å². The van der Waals surface area contributed by atoms with E-state index in [4.69, 9.17) is 4.74 Å². The highest BCUT2D eigenvalue weighted by Crippen LogP contribution is 2.18. The van der Waals surface area contributed by atoms with Crippen molar-refractivity contribution in [1.82, 2.24) is 15.1 Å². The van der Waals surface area contributed by atoms with Crippen molar-refractivity contribution in [2.75, 3.05) is 13.7 Å². The van der Waals surface area contributed by atoms with Crippen LogP contribution in [0.4, 0.5) is 0 Å². The first-order valence-corrected chi connectivity index (χ1v) is 7.52. The van der Waals surface area contributed by atoms with Crippen molar-refractivity contribution in [3.63, 3.8) is 0 Å². The summed E-state index contributed by atoms with van der Waals surface area (Å²) in [4.78, 5) is 12.0. The van der Waals surface area contributed by atoms with Gasteiger partial charge in [-0.2, -0.15) is 5.10 Å². The molecular formula is C17H23N3O3. The number of hydrogen-bond acceptors (Lipinski definition) is 4. The molecule has 0 spiro atoms. The SMILES string of the molecule is COc1cccc(CCC(=O)NCC(C)(O)c2cnn(C)c2)c1. The van der Waals surface area contributed by atoms with E-state index in [1.54, 1.807) is 38.2 Å². The van der Waals surface area contributed by atoms with E-state index in [1.807, 2.05) is 24.3 Å². The number of aryl methyl sites for hydroxylation is 2. The van der Waals surface area contributed by atoms with Gasteiger partial charge in [0, 0.05) is 25.2 Å². The molecule has 0 saturated heterocycles. The van der Waals surface area contributed by atoms with E-state index in [-0.39, 0.29) is 12.5 Å². The smallest absolute Gasteiger partial charge is 0.220 e. The Bertz CT molecular complexity index is 665. The van der Waals surface area contributed by atoms with Gasteiger partial charge in [0.05, 0.1) is 19.9 Å². The fourth-order valence-electron chi connectivity index (χ4n) is 2.25. The van der Waals surface area contributed by atoms with Crippen molar-refractivity contribution in [3.05, 3.63) is 47.8 Å².